The van der Waals surface area contributed by atoms with E-state index in [1.165, 1.54) is 4.68 Å². The SMILES string of the molecule is NC(=O)c1nn(CC(=O)N2CCN(C(=O)O)CC2C(=O)Nc2cccc(C(F)(F)F)n2)c2ccccc12. The van der Waals surface area contributed by atoms with Gasteiger partial charge < -0.3 is 26.0 Å². The van der Waals surface area contributed by atoms with E-state index in [4.69, 9.17) is 5.73 Å². The van der Waals surface area contributed by atoms with Crippen LogP contribution in [0.3, 0.4) is 0 Å². The summed E-state index contributed by atoms with van der Waals surface area (Å²) in [6, 6.07) is 8.10. The average molecular weight is 519 g/mol. The van der Waals surface area contributed by atoms with Crippen LogP contribution in [0, 0.1) is 0 Å². The average Bonchev–Trinajstić information content (AvgIpc) is 3.22. The third-order valence-electron chi connectivity index (χ3n) is 5.74. The van der Waals surface area contributed by atoms with Crippen LogP contribution in [-0.2, 0) is 22.3 Å². The Hall–Kier alpha value is -4.69. The minimum absolute atomic E-state index is 0.0518. The quantitative estimate of drug-likeness (QED) is 0.458. The number of carbonyl (C=O) groups excluding carboxylic acids is 3. The number of amides is 4. The molecule has 1 aromatic carbocycles. The Bertz CT molecular complexity index is 1390. The van der Waals surface area contributed by atoms with Crippen LogP contribution in [-0.4, -0.2) is 79.2 Å². The second kappa shape index (κ2) is 9.75. The van der Waals surface area contributed by atoms with Crippen molar-refractivity contribution in [3.05, 3.63) is 53.9 Å². The van der Waals surface area contributed by atoms with Gasteiger partial charge in [0.15, 0.2) is 5.69 Å². The molecule has 194 valence electrons. The predicted octanol–water partition coefficient (Wildman–Crippen LogP) is 1.38. The van der Waals surface area contributed by atoms with Gasteiger partial charge in [-0.15, -0.1) is 0 Å². The van der Waals surface area contributed by atoms with Crippen molar-refractivity contribution in [2.75, 3.05) is 25.0 Å². The van der Waals surface area contributed by atoms with Crippen LogP contribution in [0.15, 0.2) is 42.5 Å². The molecule has 0 spiro atoms. The van der Waals surface area contributed by atoms with Crippen LogP contribution in [0.2, 0.25) is 0 Å². The number of alkyl halides is 3. The van der Waals surface area contributed by atoms with E-state index in [0.717, 1.165) is 28.0 Å². The smallest absolute Gasteiger partial charge is 0.433 e. The summed E-state index contributed by atoms with van der Waals surface area (Å²) in [6.45, 7) is -1.09. The fourth-order valence-corrected chi connectivity index (χ4v) is 4.00. The van der Waals surface area contributed by atoms with Crippen molar-refractivity contribution in [2.24, 2.45) is 5.73 Å². The first kappa shape index (κ1) is 25.4. The zero-order valence-electron chi connectivity index (χ0n) is 19.0. The highest BCUT2D eigenvalue weighted by molar-refractivity contribution is 6.04. The molecule has 37 heavy (non-hydrogen) atoms. The molecule has 1 saturated heterocycles. The Balaban J connectivity index is 1.60. The lowest BCUT2D eigenvalue weighted by molar-refractivity contribution is -0.142. The van der Waals surface area contributed by atoms with Gasteiger partial charge in [-0.1, -0.05) is 24.3 Å². The Labute approximate surface area is 206 Å². The van der Waals surface area contributed by atoms with Gasteiger partial charge >= 0.3 is 12.3 Å². The summed E-state index contributed by atoms with van der Waals surface area (Å²) in [5.74, 6) is -2.77. The number of nitrogens with one attached hydrogen (secondary N) is 1. The van der Waals surface area contributed by atoms with Gasteiger partial charge in [-0.3, -0.25) is 19.1 Å². The molecular formula is C22H20F3N7O5. The number of anilines is 1. The second-order valence-electron chi connectivity index (χ2n) is 8.11. The van der Waals surface area contributed by atoms with Crippen molar-refractivity contribution in [3.8, 4) is 0 Å². The predicted molar refractivity (Wildman–Crippen MR) is 121 cm³/mol. The van der Waals surface area contributed by atoms with Crippen LogP contribution >= 0.6 is 0 Å². The van der Waals surface area contributed by atoms with Gasteiger partial charge in [0.25, 0.3) is 5.91 Å². The zero-order chi connectivity index (χ0) is 26.9. The largest absolute Gasteiger partial charge is 0.465 e. The van der Waals surface area contributed by atoms with Crippen molar-refractivity contribution in [1.29, 1.82) is 0 Å². The number of carbonyl (C=O) groups is 4. The van der Waals surface area contributed by atoms with Crippen molar-refractivity contribution >= 4 is 40.5 Å². The molecule has 0 radical (unpaired) electrons. The normalized spacial score (nSPS) is 16.0. The van der Waals surface area contributed by atoms with Gasteiger partial charge in [-0.25, -0.2) is 9.78 Å². The van der Waals surface area contributed by atoms with Crippen LogP contribution in [0.1, 0.15) is 16.2 Å². The Morgan fingerprint density at radius 2 is 1.81 bits per heavy atom. The number of rotatable bonds is 5. The van der Waals surface area contributed by atoms with Crippen molar-refractivity contribution in [1.82, 2.24) is 24.6 Å². The number of hydrogen-bond acceptors (Lipinski definition) is 6. The lowest BCUT2D eigenvalue weighted by atomic mass is 10.1. The number of piperazine rings is 1. The number of primary amides is 1. The first-order chi connectivity index (χ1) is 17.5. The van der Waals surface area contributed by atoms with Gasteiger partial charge in [0, 0.05) is 18.5 Å². The molecule has 1 unspecified atom stereocenters. The second-order valence-corrected chi connectivity index (χ2v) is 8.11. The summed E-state index contributed by atoms with van der Waals surface area (Å²) in [4.78, 5) is 55.0. The fourth-order valence-electron chi connectivity index (χ4n) is 4.00. The molecule has 1 atom stereocenters. The van der Waals surface area contributed by atoms with E-state index in [-0.39, 0.29) is 18.8 Å². The Kier molecular flexibility index (Phi) is 6.70. The molecule has 15 heteroatoms. The lowest BCUT2D eigenvalue weighted by Gasteiger charge is -2.39. The first-order valence-corrected chi connectivity index (χ1v) is 10.8. The maximum atomic E-state index is 13.3. The molecule has 0 bridgehead atoms. The van der Waals surface area contributed by atoms with E-state index in [0.29, 0.717) is 10.9 Å². The van der Waals surface area contributed by atoms with Gasteiger partial charge in [0.1, 0.15) is 24.1 Å². The molecule has 3 aromatic rings. The molecule has 4 N–H and O–H groups in total. The van der Waals surface area contributed by atoms with Crippen LogP contribution in [0.4, 0.5) is 23.8 Å². The number of hydrogen-bond donors (Lipinski definition) is 3. The summed E-state index contributed by atoms with van der Waals surface area (Å²) < 4.78 is 40.2. The molecular weight excluding hydrogens is 499 g/mol. The molecule has 0 aliphatic carbocycles. The van der Waals surface area contributed by atoms with E-state index in [9.17, 15) is 37.5 Å². The highest BCUT2D eigenvalue weighted by Crippen LogP contribution is 2.28. The standard InChI is InChI=1S/C22H20F3N7O5/c23-22(24,25)15-6-3-7-16(27-15)28-20(35)14-10-30(21(36)37)8-9-31(14)17(33)11-32-13-5-2-1-4-12(13)18(29-32)19(26)34/h1-7,14H,8-11H2,(H2,26,34)(H,36,37)(H,27,28,35). The molecule has 1 fully saturated rings. The number of aromatic nitrogens is 3. The molecule has 3 heterocycles. The molecule has 1 aliphatic rings. The number of benzene rings is 1. The zero-order valence-corrected chi connectivity index (χ0v) is 19.0. The van der Waals surface area contributed by atoms with Crippen LogP contribution in [0.5, 0.6) is 0 Å². The number of pyridine rings is 1. The number of nitrogens with zero attached hydrogens (tertiary/aromatic N) is 5. The molecule has 1 aliphatic heterocycles. The number of fused-ring (bicyclic) bond motifs is 1. The third-order valence-corrected chi connectivity index (χ3v) is 5.74. The highest BCUT2D eigenvalue weighted by atomic mass is 19.4. The third kappa shape index (κ3) is 5.29. The summed E-state index contributed by atoms with van der Waals surface area (Å²) >= 11 is 0. The van der Waals surface area contributed by atoms with E-state index >= 15 is 0 Å². The van der Waals surface area contributed by atoms with E-state index in [1.807, 2.05) is 0 Å². The number of nitrogens with two attached hydrogens (primary N) is 1. The maximum Gasteiger partial charge on any atom is 0.433 e. The summed E-state index contributed by atoms with van der Waals surface area (Å²) in [5.41, 5.74) is 4.53. The van der Waals surface area contributed by atoms with Gasteiger partial charge in [-0.2, -0.15) is 18.3 Å². The van der Waals surface area contributed by atoms with Crippen molar-refractivity contribution in [3.63, 3.8) is 0 Å². The van der Waals surface area contributed by atoms with E-state index in [1.54, 1.807) is 24.3 Å². The number of halogens is 3. The Morgan fingerprint density at radius 3 is 2.49 bits per heavy atom. The summed E-state index contributed by atoms with van der Waals surface area (Å²) in [7, 11) is 0. The first-order valence-electron chi connectivity index (χ1n) is 10.8. The van der Waals surface area contributed by atoms with Gasteiger partial charge in [0.2, 0.25) is 11.8 Å². The topological polar surface area (TPSA) is 164 Å². The van der Waals surface area contributed by atoms with Crippen molar-refractivity contribution < 1.29 is 37.5 Å². The molecule has 2 aromatic heterocycles. The minimum atomic E-state index is -4.75. The van der Waals surface area contributed by atoms with E-state index < -0.39 is 60.6 Å². The Morgan fingerprint density at radius 1 is 1.08 bits per heavy atom. The van der Waals surface area contributed by atoms with Crippen LogP contribution in [0.25, 0.3) is 10.9 Å². The number of para-hydroxylation sites is 1. The van der Waals surface area contributed by atoms with Crippen molar-refractivity contribution in [2.45, 2.75) is 18.8 Å². The molecule has 4 amide bonds. The number of carboxylic acid groups (broad SMARTS) is 1. The molecule has 12 nitrogen and oxygen atoms in total. The van der Waals surface area contributed by atoms with Gasteiger partial charge in [0.05, 0.1) is 12.1 Å². The molecule has 0 saturated carbocycles. The van der Waals surface area contributed by atoms with Crippen LogP contribution < -0.4 is 11.1 Å². The lowest BCUT2D eigenvalue weighted by Crippen LogP contribution is -2.60. The summed E-state index contributed by atoms with van der Waals surface area (Å²) in [5, 5.41) is 16.1. The fraction of sp³-hybridized carbons (Fsp3) is 0.273. The highest BCUT2D eigenvalue weighted by Gasteiger charge is 2.38. The summed E-state index contributed by atoms with van der Waals surface area (Å²) in [6.07, 6.45) is -6.07. The maximum absolute atomic E-state index is 13.3. The monoisotopic (exact) mass is 519 g/mol. The molecule has 4 rings (SSSR count). The van der Waals surface area contributed by atoms with E-state index in [2.05, 4.69) is 15.4 Å². The van der Waals surface area contributed by atoms with Gasteiger partial charge in [-0.05, 0) is 18.2 Å². The minimum Gasteiger partial charge on any atom is -0.465 e.